The predicted octanol–water partition coefficient (Wildman–Crippen LogP) is 1.93. The van der Waals surface area contributed by atoms with Gasteiger partial charge < -0.3 is 19.9 Å². The van der Waals surface area contributed by atoms with Crippen LogP contribution >= 0.6 is 11.3 Å². The van der Waals surface area contributed by atoms with Crippen LogP contribution < -0.4 is 15.6 Å². The Hall–Kier alpha value is -3.04. The van der Waals surface area contributed by atoms with E-state index in [0.29, 0.717) is 36.9 Å². The van der Waals surface area contributed by atoms with E-state index in [1.54, 1.807) is 17.5 Å². The van der Waals surface area contributed by atoms with Crippen LogP contribution in [0.5, 0.6) is 0 Å². The van der Waals surface area contributed by atoms with Crippen LogP contribution in [0.15, 0.2) is 34.6 Å². The van der Waals surface area contributed by atoms with Crippen LogP contribution in [0.1, 0.15) is 59.9 Å². The first-order valence-electron chi connectivity index (χ1n) is 11.8. The van der Waals surface area contributed by atoms with E-state index in [-0.39, 0.29) is 11.1 Å². The van der Waals surface area contributed by atoms with E-state index in [9.17, 15) is 19.8 Å². The van der Waals surface area contributed by atoms with Gasteiger partial charge in [-0.05, 0) is 62.0 Å². The van der Waals surface area contributed by atoms with Crippen molar-refractivity contribution in [3.63, 3.8) is 0 Å². The topological polar surface area (TPSA) is 111 Å². The number of carboxylic acid groups (broad SMARTS) is 1. The molecule has 1 N–H and O–H groups in total. The number of aliphatic hydroxyl groups excluding tert-OH is 1. The fourth-order valence-corrected chi connectivity index (χ4v) is 5.49. The molecule has 5 rings (SSSR count). The smallest absolute Gasteiger partial charge is 0.267 e. The minimum absolute atomic E-state index is 0.176. The van der Waals surface area contributed by atoms with Gasteiger partial charge in [-0.2, -0.15) is 0 Å². The van der Waals surface area contributed by atoms with E-state index in [2.05, 4.69) is 5.38 Å². The zero-order valence-electron chi connectivity index (χ0n) is 18.9. The molecule has 1 unspecified atom stereocenters. The summed E-state index contributed by atoms with van der Waals surface area (Å²) in [5.41, 5.74) is 2.60. The number of nitrogens with zero attached hydrogens (tertiary/aromatic N) is 4. The molecule has 9 heteroatoms. The number of carbonyl (C=O) groups is 1. The molecular formula is C25H27N4O4S-. The monoisotopic (exact) mass is 479 g/mol. The third-order valence-electron chi connectivity index (χ3n) is 6.71. The molecule has 0 radical (unpaired) electrons. The quantitative estimate of drug-likeness (QED) is 0.516. The molecule has 0 bridgehead atoms. The van der Waals surface area contributed by atoms with Gasteiger partial charge in [0.25, 0.3) is 5.56 Å². The van der Waals surface area contributed by atoms with E-state index in [1.165, 1.54) is 35.4 Å². The number of β-amino-alcohol motifs (C(OH)–C–C–N with tert-alkyl or cyclic N) is 1. The summed E-state index contributed by atoms with van der Waals surface area (Å²) in [4.78, 5) is 35.6. The maximum atomic E-state index is 13.2. The number of aliphatic carboxylic acids is 1. The van der Waals surface area contributed by atoms with Gasteiger partial charge in [0.2, 0.25) is 0 Å². The van der Waals surface area contributed by atoms with Crippen molar-refractivity contribution in [2.24, 2.45) is 0 Å². The molecule has 1 atom stereocenters. The number of thiazole rings is 1. The van der Waals surface area contributed by atoms with Crippen molar-refractivity contribution in [2.45, 2.75) is 57.0 Å². The van der Waals surface area contributed by atoms with Crippen molar-refractivity contribution in [3.05, 3.63) is 62.0 Å². The van der Waals surface area contributed by atoms with Crippen molar-refractivity contribution in [1.82, 2.24) is 14.4 Å². The number of piperidine rings is 1. The van der Waals surface area contributed by atoms with E-state index in [4.69, 9.17) is 9.97 Å². The first-order chi connectivity index (χ1) is 16.5. The molecule has 1 saturated heterocycles. The summed E-state index contributed by atoms with van der Waals surface area (Å²) in [6.07, 6.45) is 10.1. The molecule has 1 saturated carbocycles. The van der Waals surface area contributed by atoms with Crippen LogP contribution in [-0.4, -0.2) is 44.6 Å². The first kappa shape index (κ1) is 22.7. The van der Waals surface area contributed by atoms with Crippen molar-refractivity contribution in [1.29, 1.82) is 0 Å². The molecule has 3 aromatic heterocycles. The molecule has 4 heterocycles. The number of pyridine rings is 1. The number of rotatable bonds is 7. The Labute approximate surface area is 201 Å². The molecule has 1 aliphatic heterocycles. The van der Waals surface area contributed by atoms with Gasteiger partial charge in [-0.15, -0.1) is 11.3 Å². The number of hydrogen-bond donors (Lipinski definition) is 1. The SMILES string of the molecule is O=C([O-])/C=C/c1c(N2CCCC(O)C2)nc2cc(CCc3nc(C4CCC4)cs3)ccn2c1=O. The lowest BCUT2D eigenvalue weighted by molar-refractivity contribution is -0.297. The first-order valence-corrected chi connectivity index (χ1v) is 12.7. The molecule has 1 aliphatic carbocycles. The number of carboxylic acids is 1. The number of fused-ring (bicyclic) bond motifs is 1. The van der Waals surface area contributed by atoms with Crippen LogP contribution in [0.25, 0.3) is 11.7 Å². The van der Waals surface area contributed by atoms with Gasteiger partial charge in [0, 0.05) is 37.0 Å². The Balaban J connectivity index is 1.44. The summed E-state index contributed by atoms with van der Waals surface area (Å²) in [7, 11) is 0. The second kappa shape index (κ2) is 9.68. The lowest BCUT2D eigenvalue weighted by Gasteiger charge is -2.32. The number of anilines is 1. The van der Waals surface area contributed by atoms with Crippen LogP contribution in [0.2, 0.25) is 0 Å². The van der Waals surface area contributed by atoms with Crippen LogP contribution in [-0.2, 0) is 17.6 Å². The van der Waals surface area contributed by atoms with Gasteiger partial charge in [-0.3, -0.25) is 9.20 Å². The Morgan fingerprint density at radius 2 is 2.09 bits per heavy atom. The van der Waals surface area contributed by atoms with Crippen molar-refractivity contribution < 1.29 is 15.0 Å². The Morgan fingerprint density at radius 3 is 2.82 bits per heavy atom. The fourth-order valence-electron chi connectivity index (χ4n) is 4.61. The van der Waals surface area contributed by atoms with E-state index < -0.39 is 12.1 Å². The zero-order valence-corrected chi connectivity index (χ0v) is 19.7. The Kier molecular flexibility index (Phi) is 6.47. The molecule has 8 nitrogen and oxygen atoms in total. The van der Waals surface area contributed by atoms with Gasteiger partial charge in [0.1, 0.15) is 11.5 Å². The summed E-state index contributed by atoms with van der Waals surface area (Å²) >= 11 is 1.71. The molecular weight excluding hydrogens is 452 g/mol. The third-order valence-corrected chi connectivity index (χ3v) is 7.64. The summed E-state index contributed by atoms with van der Waals surface area (Å²) in [6, 6.07) is 3.80. The molecule has 3 aromatic rings. The average molecular weight is 480 g/mol. The Morgan fingerprint density at radius 1 is 1.24 bits per heavy atom. The average Bonchev–Trinajstić information content (AvgIpc) is 3.23. The Bertz CT molecular complexity index is 1290. The van der Waals surface area contributed by atoms with Gasteiger partial charge in [0.05, 0.1) is 28.3 Å². The second-order valence-corrected chi connectivity index (χ2v) is 10.0. The molecule has 0 spiro atoms. The van der Waals surface area contributed by atoms with E-state index in [1.807, 2.05) is 17.0 Å². The lowest BCUT2D eigenvalue weighted by atomic mass is 9.83. The molecule has 34 heavy (non-hydrogen) atoms. The highest BCUT2D eigenvalue weighted by Crippen LogP contribution is 2.36. The van der Waals surface area contributed by atoms with Gasteiger partial charge in [-0.1, -0.05) is 6.42 Å². The molecule has 0 aromatic carbocycles. The fraction of sp³-hybridized carbons (Fsp3) is 0.440. The van der Waals surface area contributed by atoms with Crippen LogP contribution in [0.4, 0.5) is 5.82 Å². The molecule has 0 amide bonds. The summed E-state index contributed by atoms with van der Waals surface area (Å²) in [6.45, 7) is 0.987. The highest BCUT2D eigenvalue weighted by Gasteiger charge is 2.24. The van der Waals surface area contributed by atoms with E-state index in [0.717, 1.165) is 35.9 Å². The molecule has 2 fully saturated rings. The van der Waals surface area contributed by atoms with Crippen LogP contribution in [0, 0.1) is 0 Å². The largest absolute Gasteiger partial charge is 0.545 e. The van der Waals surface area contributed by atoms with Crippen molar-refractivity contribution in [3.8, 4) is 0 Å². The minimum atomic E-state index is -1.38. The van der Waals surface area contributed by atoms with Gasteiger partial charge >= 0.3 is 0 Å². The highest BCUT2D eigenvalue weighted by atomic mass is 32.1. The lowest BCUT2D eigenvalue weighted by Crippen LogP contribution is -2.40. The maximum Gasteiger partial charge on any atom is 0.267 e. The summed E-state index contributed by atoms with van der Waals surface area (Å²) < 4.78 is 1.43. The van der Waals surface area contributed by atoms with E-state index >= 15 is 0 Å². The van der Waals surface area contributed by atoms with Crippen molar-refractivity contribution in [2.75, 3.05) is 18.0 Å². The summed E-state index contributed by atoms with van der Waals surface area (Å²) in [5, 5.41) is 24.4. The number of carbonyl (C=O) groups excluding carboxylic acids is 1. The maximum absolute atomic E-state index is 13.2. The minimum Gasteiger partial charge on any atom is -0.545 e. The number of aromatic nitrogens is 3. The predicted molar refractivity (Wildman–Crippen MR) is 129 cm³/mol. The van der Waals surface area contributed by atoms with Gasteiger partial charge in [-0.25, -0.2) is 9.97 Å². The van der Waals surface area contributed by atoms with Crippen LogP contribution in [0.3, 0.4) is 0 Å². The zero-order chi connectivity index (χ0) is 23.7. The number of aryl methyl sites for hydroxylation is 2. The number of hydrogen-bond acceptors (Lipinski definition) is 8. The molecule has 2 aliphatic rings. The second-order valence-electron chi connectivity index (χ2n) is 9.11. The highest BCUT2D eigenvalue weighted by molar-refractivity contribution is 7.09. The standard InChI is InChI=1S/C25H28N4O4S/c30-18-5-2-11-28(14-18)24-19(7-9-23(31)32)25(33)29-12-10-16(13-21(29)27-24)6-8-22-26-20(15-34-22)17-3-1-4-17/h7,9-10,12-13,15,17-18,30H,1-6,8,11,14H2,(H,31,32)/p-1/b9-7+. The van der Waals surface area contributed by atoms with Crippen molar-refractivity contribution >= 4 is 34.8 Å². The van der Waals surface area contributed by atoms with Gasteiger partial charge in [0.15, 0.2) is 0 Å². The number of aliphatic hydroxyl groups is 1. The summed E-state index contributed by atoms with van der Waals surface area (Å²) in [5.74, 6) is -0.357. The normalized spacial score (nSPS) is 19.1. The third kappa shape index (κ3) is 4.76. The molecule has 178 valence electrons.